The lowest BCUT2D eigenvalue weighted by Gasteiger charge is -2.06. The average molecular weight is 289 g/mol. The van der Waals surface area contributed by atoms with Crippen molar-refractivity contribution in [1.29, 1.82) is 0 Å². The molecule has 3 rings (SSSR count). The van der Waals surface area contributed by atoms with Crippen molar-refractivity contribution in [2.45, 2.75) is 20.0 Å². The minimum absolute atomic E-state index is 0.523. The molecule has 0 aliphatic heterocycles. The van der Waals surface area contributed by atoms with Crippen LogP contribution >= 0.6 is 11.6 Å². The van der Waals surface area contributed by atoms with Gasteiger partial charge < -0.3 is 10.3 Å². The molecule has 0 atom stereocenters. The van der Waals surface area contributed by atoms with Crippen LogP contribution in [0.25, 0.3) is 10.9 Å². The maximum absolute atomic E-state index is 6.12. The Kier molecular flexibility index (Phi) is 3.28. The monoisotopic (exact) mass is 288 g/mol. The molecule has 3 aromatic rings. The topological polar surface area (TPSA) is 48.8 Å². The molecule has 0 aliphatic carbocycles. The molecule has 2 N–H and O–H groups in total. The summed E-state index contributed by atoms with van der Waals surface area (Å²) in [6.45, 7) is 3.28. The van der Waals surface area contributed by atoms with E-state index in [4.69, 9.17) is 17.3 Å². The van der Waals surface area contributed by atoms with Crippen molar-refractivity contribution < 1.29 is 0 Å². The van der Waals surface area contributed by atoms with E-state index < -0.39 is 0 Å². The van der Waals surface area contributed by atoms with Crippen molar-refractivity contribution in [1.82, 2.24) is 14.3 Å². The number of fused-ring (bicyclic) bond motifs is 1. The molecule has 2 aromatic heterocycles. The van der Waals surface area contributed by atoms with Gasteiger partial charge in [-0.2, -0.15) is 5.10 Å². The average Bonchev–Trinajstić information content (AvgIpc) is 2.90. The lowest BCUT2D eigenvalue weighted by Crippen LogP contribution is -2.04. The Bertz CT molecular complexity index is 770. The summed E-state index contributed by atoms with van der Waals surface area (Å²) in [6.07, 6.45) is 2.10. The van der Waals surface area contributed by atoms with Gasteiger partial charge in [-0.05, 0) is 30.7 Å². The van der Waals surface area contributed by atoms with E-state index in [0.29, 0.717) is 6.54 Å². The van der Waals surface area contributed by atoms with Crippen molar-refractivity contribution >= 4 is 22.5 Å². The molecule has 0 radical (unpaired) electrons. The van der Waals surface area contributed by atoms with Crippen LogP contribution in [0.15, 0.2) is 30.5 Å². The van der Waals surface area contributed by atoms with Crippen LogP contribution in [-0.4, -0.2) is 14.3 Å². The second kappa shape index (κ2) is 4.96. The molecule has 2 heterocycles. The third-order valence-electron chi connectivity index (χ3n) is 3.58. The number of hydrogen-bond acceptors (Lipinski definition) is 2. The fourth-order valence-corrected chi connectivity index (χ4v) is 2.79. The Morgan fingerprint density at radius 2 is 2.10 bits per heavy atom. The Labute approximate surface area is 122 Å². The first kappa shape index (κ1) is 13.2. The number of nitrogens with two attached hydrogens (primary N) is 1. The van der Waals surface area contributed by atoms with E-state index in [1.807, 2.05) is 36.9 Å². The molecule has 0 spiro atoms. The molecular weight excluding hydrogens is 272 g/mol. The number of nitrogens with zero attached hydrogens (tertiary/aromatic N) is 3. The van der Waals surface area contributed by atoms with Crippen LogP contribution in [-0.2, 0) is 20.1 Å². The summed E-state index contributed by atoms with van der Waals surface area (Å²) >= 11 is 6.12. The van der Waals surface area contributed by atoms with E-state index >= 15 is 0 Å². The van der Waals surface area contributed by atoms with E-state index in [1.54, 1.807) is 0 Å². The van der Waals surface area contributed by atoms with Crippen molar-refractivity contribution in [3.8, 4) is 0 Å². The standard InChI is InChI=1S/C15H17ClN4/c1-10-5-13(19(2)18-10)9-20-8-11(7-17)14-4-3-12(16)6-15(14)20/h3-6,8H,7,9,17H2,1-2H3. The van der Waals surface area contributed by atoms with Crippen LogP contribution in [0.1, 0.15) is 17.0 Å². The molecule has 0 saturated heterocycles. The number of aryl methyl sites for hydroxylation is 2. The second-order valence-corrected chi connectivity index (χ2v) is 5.48. The zero-order valence-corrected chi connectivity index (χ0v) is 12.4. The van der Waals surface area contributed by atoms with E-state index in [0.717, 1.165) is 39.4 Å². The highest BCUT2D eigenvalue weighted by molar-refractivity contribution is 6.31. The highest BCUT2D eigenvalue weighted by atomic mass is 35.5. The van der Waals surface area contributed by atoms with Crippen molar-refractivity contribution in [3.63, 3.8) is 0 Å². The van der Waals surface area contributed by atoms with E-state index in [2.05, 4.69) is 21.9 Å². The predicted molar refractivity (Wildman–Crippen MR) is 81.9 cm³/mol. The van der Waals surface area contributed by atoms with Crippen molar-refractivity contribution in [2.24, 2.45) is 12.8 Å². The zero-order chi connectivity index (χ0) is 14.3. The molecule has 0 amide bonds. The lowest BCUT2D eigenvalue weighted by atomic mass is 10.2. The normalized spacial score (nSPS) is 11.4. The minimum atomic E-state index is 0.523. The molecular formula is C15H17ClN4. The van der Waals surface area contributed by atoms with Gasteiger partial charge in [-0.25, -0.2) is 0 Å². The van der Waals surface area contributed by atoms with Gasteiger partial charge in [0, 0.05) is 30.2 Å². The van der Waals surface area contributed by atoms with Gasteiger partial charge in [-0.15, -0.1) is 0 Å². The maximum atomic E-state index is 6.12. The van der Waals surface area contributed by atoms with E-state index in [-0.39, 0.29) is 0 Å². The fourth-order valence-electron chi connectivity index (χ4n) is 2.62. The Morgan fingerprint density at radius 3 is 2.75 bits per heavy atom. The zero-order valence-electron chi connectivity index (χ0n) is 11.6. The summed E-state index contributed by atoms with van der Waals surface area (Å²) in [4.78, 5) is 0. The molecule has 0 saturated carbocycles. The smallest absolute Gasteiger partial charge is 0.0645 e. The molecule has 104 valence electrons. The molecule has 5 heteroatoms. The van der Waals surface area contributed by atoms with Gasteiger partial charge in [0.05, 0.1) is 23.4 Å². The van der Waals surface area contributed by atoms with Gasteiger partial charge in [0.15, 0.2) is 0 Å². The van der Waals surface area contributed by atoms with Gasteiger partial charge in [-0.1, -0.05) is 17.7 Å². The SMILES string of the molecule is Cc1cc(Cn2cc(CN)c3ccc(Cl)cc32)n(C)n1. The van der Waals surface area contributed by atoms with Crippen LogP contribution < -0.4 is 5.73 Å². The molecule has 20 heavy (non-hydrogen) atoms. The van der Waals surface area contributed by atoms with Crippen LogP contribution in [0.2, 0.25) is 5.02 Å². The molecule has 0 bridgehead atoms. The summed E-state index contributed by atoms with van der Waals surface area (Å²) in [5.41, 5.74) is 10.3. The van der Waals surface area contributed by atoms with E-state index in [9.17, 15) is 0 Å². The first-order chi connectivity index (χ1) is 9.58. The summed E-state index contributed by atoms with van der Waals surface area (Å²) in [5.74, 6) is 0. The third kappa shape index (κ3) is 2.21. The number of hydrogen-bond donors (Lipinski definition) is 1. The number of rotatable bonds is 3. The van der Waals surface area contributed by atoms with Gasteiger partial charge in [0.2, 0.25) is 0 Å². The van der Waals surface area contributed by atoms with E-state index in [1.165, 1.54) is 0 Å². The van der Waals surface area contributed by atoms with Crippen LogP contribution in [0, 0.1) is 6.92 Å². The first-order valence-corrected chi connectivity index (χ1v) is 6.93. The highest BCUT2D eigenvalue weighted by Gasteiger charge is 2.10. The van der Waals surface area contributed by atoms with Gasteiger partial charge in [-0.3, -0.25) is 4.68 Å². The third-order valence-corrected chi connectivity index (χ3v) is 3.81. The maximum Gasteiger partial charge on any atom is 0.0645 e. The second-order valence-electron chi connectivity index (χ2n) is 5.05. The minimum Gasteiger partial charge on any atom is -0.341 e. The van der Waals surface area contributed by atoms with Crippen LogP contribution in [0.4, 0.5) is 0 Å². The van der Waals surface area contributed by atoms with Gasteiger partial charge >= 0.3 is 0 Å². The summed E-state index contributed by atoms with van der Waals surface area (Å²) < 4.78 is 4.09. The summed E-state index contributed by atoms with van der Waals surface area (Å²) in [5, 5.41) is 6.28. The molecule has 4 nitrogen and oxygen atoms in total. The quantitative estimate of drug-likeness (QED) is 0.806. The molecule has 1 aromatic carbocycles. The first-order valence-electron chi connectivity index (χ1n) is 6.55. The van der Waals surface area contributed by atoms with Crippen LogP contribution in [0.3, 0.4) is 0 Å². The molecule has 0 fully saturated rings. The number of benzene rings is 1. The summed E-state index contributed by atoms with van der Waals surface area (Å²) in [7, 11) is 1.96. The van der Waals surface area contributed by atoms with Gasteiger partial charge in [0.1, 0.15) is 0 Å². The Morgan fingerprint density at radius 1 is 1.30 bits per heavy atom. The van der Waals surface area contributed by atoms with Crippen LogP contribution in [0.5, 0.6) is 0 Å². The molecule has 0 aliphatic rings. The molecule has 0 unspecified atom stereocenters. The predicted octanol–water partition coefficient (Wildman–Crippen LogP) is 2.84. The van der Waals surface area contributed by atoms with Gasteiger partial charge in [0.25, 0.3) is 0 Å². The Balaban J connectivity index is 2.11. The largest absolute Gasteiger partial charge is 0.341 e. The highest BCUT2D eigenvalue weighted by Crippen LogP contribution is 2.25. The fraction of sp³-hybridized carbons (Fsp3) is 0.267. The Hall–Kier alpha value is -1.78. The summed E-state index contributed by atoms with van der Waals surface area (Å²) in [6, 6.07) is 8.02. The lowest BCUT2D eigenvalue weighted by molar-refractivity contribution is 0.672. The number of aromatic nitrogens is 3. The van der Waals surface area contributed by atoms with Crippen molar-refractivity contribution in [3.05, 3.63) is 52.4 Å². The van der Waals surface area contributed by atoms with Crippen molar-refractivity contribution in [2.75, 3.05) is 0 Å². The number of halogens is 1.